The summed E-state index contributed by atoms with van der Waals surface area (Å²) in [5.74, 6) is -0.388. The summed E-state index contributed by atoms with van der Waals surface area (Å²) < 4.78 is 32.1. The first kappa shape index (κ1) is 13.6. The first-order valence-corrected chi connectivity index (χ1v) is 8.26. The highest BCUT2D eigenvalue weighted by molar-refractivity contribution is 7.89. The van der Waals surface area contributed by atoms with Crippen molar-refractivity contribution in [2.75, 3.05) is 13.2 Å². The highest BCUT2D eigenvalue weighted by atomic mass is 32.2. The van der Waals surface area contributed by atoms with E-state index < -0.39 is 15.6 Å². The summed E-state index contributed by atoms with van der Waals surface area (Å²) in [7, 11) is -3.65. The van der Waals surface area contributed by atoms with Crippen LogP contribution in [0.3, 0.4) is 0 Å². The van der Waals surface area contributed by atoms with E-state index in [0.29, 0.717) is 12.8 Å². The molecule has 1 saturated carbocycles. The van der Waals surface area contributed by atoms with Gasteiger partial charge in [-0.3, -0.25) is 4.79 Å². The molecule has 2 aliphatic rings. The Balaban J connectivity index is 2.05. The zero-order valence-electron chi connectivity index (χ0n) is 11.1. The number of morpholine rings is 1. The molecule has 1 aromatic rings. The van der Waals surface area contributed by atoms with E-state index >= 15 is 0 Å². The van der Waals surface area contributed by atoms with E-state index in [4.69, 9.17) is 4.74 Å². The topological polar surface area (TPSA) is 63.7 Å². The molecule has 0 atom stereocenters. The van der Waals surface area contributed by atoms with Gasteiger partial charge in [-0.25, -0.2) is 8.42 Å². The van der Waals surface area contributed by atoms with Gasteiger partial charge in [-0.2, -0.15) is 4.31 Å². The number of cyclic esters (lactones) is 1. The van der Waals surface area contributed by atoms with Crippen molar-refractivity contribution in [3.63, 3.8) is 0 Å². The van der Waals surface area contributed by atoms with Crippen LogP contribution in [0.25, 0.3) is 0 Å². The first-order chi connectivity index (χ1) is 9.57. The number of nitrogens with zero attached hydrogens (tertiary/aromatic N) is 1. The van der Waals surface area contributed by atoms with E-state index in [9.17, 15) is 13.2 Å². The summed E-state index contributed by atoms with van der Waals surface area (Å²) in [5, 5.41) is 0. The molecule has 0 radical (unpaired) electrons. The number of sulfonamides is 1. The zero-order chi connectivity index (χ0) is 14.2. The van der Waals surface area contributed by atoms with Crippen LogP contribution in [0.5, 0.6) is 0 Å². The quantitative estimate of drug-likeness (QED) is 0.777. The Labute approximate surface area is 118 Å². The summed E-state index contributed by atoms with van der Waals surface area (Å²) in [5.41, 5.74) is -0.979. The van der Waals surface area contributed by atoms with Crippen LogP contribution in [-0.2, 0) is 19.6 Å². The largest absolute Gasteiger partial charge is 0.463 e. The molecule has 1 aliphatic carbocycles. The van der Waals surface area contributed by atoms with Crippen LogP contribution in [0.2, 0.25) is 0 Å². The third-order valence-electron chi connectivity index (χ3n) is 4.15. The molecule has 0 bridgehead atoms. The molecular weight excluding hydrogens is 278 g/mol. The fourth-order valence-corrected chi connectivity index (χ4v) is 4.94. The van der Waals surface area contributed by atoms with Crippen molar-refractivity contribution in [2.24, 2.45) is 0 Å². The predicted molar refractivity (Wildman–Crippen MR) is 72.5 cm³/mol. The molecule has 1 spiro atoms. The molecule has 0 N–H and O–H groups in total. The van der Waals surface area contributed by atoms with E-state index in [-0.39, 0.29) is 24.0 Å². The number of benzene rings is 1. The van der Waals surface area contributed by atoms with Crippen molar-refractivity contribution in [1.82, 2.24) is 4.31 Å². The van der Waals surface area contributed by atoms with E-state index in [0.717, 1.165) is 12.8 Å². The van der Waals surface area contributed by atoms with Gasteiger partial charge in [0.25, 0.3) is 0 Å². The van der Waals surface area contributed by atoms with Gasteiger partial charge in [0.15, 0.2) is 0 Å². The molecule has 108 valence electrons. The second kappa shape index (κ2) is 4.86. The van der Waals surface area contributed by atoms with Crippen molar-refractivity contribution in [3.05, 3.63) is 30.3 Å². The average molecular weight is 295 g/mol. The minimum absolute atomic E-state index is 0.132. The Morgan fingerprint density at radius 3 is 2.40 bits per heavy atom. The lowest BCUT2D eigenvalue weighted by Gasteiger charge is -2.41. The van der Waals surface area contributed by atoms with Gasteiger partial charge in [-0.15, -0.1) is 0 Å². The van der Waals surface area contributed by atoms with Gasteiger partial charge >= 0.3 is 5.97 Å². The van der Waals surface area contributed by atoms with Gasteiger partial charge in [0, 0.05) is 6.54 Å². The number of ether oxygens (including phenoxy) is 1. The number of esters is 1. The number of hydrogen-bond acceptors (Lipinski definition) is 4. The molecule has 1 heterocycles. The highest BCUT2D eigenvalue weighted by Gasteiger charge is 2.54. The normalized spacial score (nSPS) is 22.9. The lowest BCUT2D eigenvalue weighted by Crippen LogP contribution is -2.60. The fourth-order valence-electron chi connectivity index (χ4n) is 3.15. The summed E-state index contributed by atoms with van der Waals surface area (Å²) in [6.45, 7) is 0.371. The molecule has 3 rings (SSSR count). The van der Waals surface area contributed by atoms with Gasteiger partial charge in [0.05, 0.1) is 4.90 Å². The molecule has 5 nitrogen and oxygen atoms in total. The molecule has 0 unspecified atom stereocenters. The van der Waals surface area contributed by atoms with Crippen LogP contribution in [0, 0.1) is 0 Å². The van der Waals surface area contributed by atoms with Crippen LogP contribution in [0.4, 0.5) is 0 Å². The smallest absolute Gasteiger partial charge is 0.327 e. The molecule has 0 amide bonds. The second-order valence-corrected chi connectivity index (χ2v) is 7.13. The maximum atomic E-state index is 12.8. The minimum Gasteiger partial charge on any atom is -0.463 e. The monoisotopic (exact) mass is 295 g/mol. The minimum atomic E-state index is -3.65. The van der Waals surface area contributed by atoms with Gasteiger partial charge in [0.1, 0.15) is 12.1 Å². The molecule has 1 saturated heterocycles. The van der Waals surface area contributed by atoms with Gasteiger partial charge in [0.2, 0.25) is 10.0 Å². The predicted octanol–water partition coefficient (Wildman–Crippen LogP) is 1.55. The summed E-state index contributed by atoms with van der Waals surface area (Å²) in [6, 6.07) is 8.29. The van der Waals surface area contributed by atoms with Crippen LogP contribution >= 0.6 is 0 Å². The first-order valence-electron chi connectivity index (χ1n) is 6.82. The second-order valence-electron chi connectivity index (χ2n) is 5.26. The molecule has 1 aliphatic heterocycles. The molecular formula is C14H17NO4S. The van der Waals surface area contributed by atoms with Gasteiger partial charge < -0.3 is 4.74 Å². The summed E-state index contributed by atoms with van der Waals surface area (Å²) in [4.78, 5) is 12.4. The van der Waals surface area contributed by atoms with E-state index in [2.05, 4.69) is 0 Å². The molecule has 1 aromatic carbocycles. The summed E-state index contributed by atoms with van der Waals surface area (Å²) >= 11 is 0. The lowest BCUT2D eigenvalue weighted by atomic mass is 9.97. The third kappa shape index (κ3) is 1.94. The third-order valence-corrected chi connectivity index (χ3v) is 6.13. The van der Waals surface area contributed by atoms with Crippen molar-refractivity contribution in [2.45, 2.75) is 36.1 Å². The van der Waals surface area contributed by atoms with Crippen molar-refractivity contribution < 1.29 is 17.9 Å². The molecule has 2 fully saturated rings. The van der Waals surface area contributed by atoms with Crippen LogP contribution in [-0.4, -0.2) is 37.4 Å². The maximum absolute atomic E-state index is 12.8. The molecule has 6 heteroatoms. The van der Waals surface area contributed by atoms with Crippen LogP contribution < -0.4 is 0 Å². The van der Waals surface area contributed by atoms with E-state index in [1.807, 2.05) is 0 Å². The Morgan fingerprint density at radius 2 is 1.75 bits per heavy atom. The van der Waals surface area contributed by atoms with Crippen LogP contribution in [0.15, 0.2) is 35.2 Å². The van der Waals surface area contributed by atoms with E-state index in [1.165, 1.54) is 4.31 Å². The Bertz CT molecular complexity index is 605. The zero-order valence-corrected chi connectivity index (χ0v) is 11.9. The fraction of sp³-hybridized carbons (Fsp3) is 0.500. The average Bonchev–Trinajstić information content (AvgIpc) is 2.93. The van der Waals surface area contributed by atoms with Gasteiger partial charge in [-0.05, 0) is 25.0 Å². The number of carbonyl (C=O) groups excluding carboxylic acids is 1. The number of carbonyl (C=O) groups is 1. The maximum Gasteiger partial charge on any atom is 0.327 e. The summed E-state index contributed by atoms with van der Waals surface area (Å²) in [6.07, 6.45) is 2.82. The number of hydrogen-bond donors (Lipinski definition) is 0. The Hall–Kier alpha value is -1.40. The Kier molecular flexibility index (Phi) is 3.30. The van der Waals surface area contributed by atoms with Crippen molar-refractivity contribution >= 4 is 16.0 Å². The highest BCUT2D eigenvalue weighted by Crippen LogP contribution is 2.41. The van der Waals surface area contributed by atoms with Gasteiger partial charge in [-0.1, -0.05) is 31.0 Å². The number of rotatable bonds is 2. The Morgan fingerprint density at radius 1 is 1.10 bits per heavy atom. The van der Waals surface area contributed by atoms with Crippen LogP contribution in [0.1, 0.15) is 25.7 Å². The van der Waals surface area contributed by atoms with Crippen molar-refractivity contribution in [3.8, 4) is 0 Å². The molecule has 20 heavy (non-hydrogen) atoms. The SMILES string of the molecule is O=C1OCCN(S(=O)(=O)c2ccccc2)C12CCCC2. The van der Waals surface area contributed by atoms with Crippen molar-refractivity contribution in [1.29, 1.82) is 0 Å². The van der Waals surface area contributed by atoms with E-state index in [1.54, 1.807) is 30.3 Å². The molecule has 0 aromatic heterocycles. The standard InChI is InChI=1S/C14H17NO4S/c16-13-14(8-4-5-9-14)15(10-11-19-13)20(17,18)12-6-2-1-3-7-12/h1-3,6-7H,4-5,8-11H2. The lowest BCUT2D eigenvalue weighted by molar-refractivity contribution is -0.162.